The highest BCUT2D eigenvalue weighted by molar-refractivity contribution is 8.00. The van der Waals surface area contributed by atoms with Gasteiger partial charge in [-0.25, -0.2) is 4.98 Å². The van der Waals surface area contributed by atoms with Gasteiger partial charge >= 0.3 is 5.97 Å². The quantitative estimate of drug-likeness (QED) is 0.518. The van der Waals surface area contributed by atoms with E-state index in [4.69, 9.17) is 10.8 Å². The molecule has 0 aliphatic carbocycles. The Balaban J connectivity index is 2.84. The zero-order valence-electron chi connectivity index (χ0n) is 8.77. The largest absolute Gasteiger partial charge is 0.480 e. The first-order valence-electron chi connectivity index (χ1n) is 4.79. The summed E-state index contributed by atoms with van der Waals surface area (Å²) < 4.78 is 0. The highest BCUT2D eigenvalue weighted by atomic mass is 32.2. The van der Waals surface area contributed by atoms with Gasteiger partial charge in [0.1, 0.15) is 11.1 Å². The first-order chi connectivity index (χ1) is 7.52. The Labute approximate surface area is 96.3 Å². The summed E-state index contributed by atoms with van der Waals surface area (Å²) in [7, 11) is 0. The topological polar surface area (TPSA) is 109 Å². The number of rotatable bonds is 5. The molecule has 0 spiro atoms. The number of carbonyl (C=O) groups is 1. The van der Waals surface area contributed by atoms with Gasteiger partial charge in [-0.15, -0.1) is 0 Å². The third-order valence-electron chi connectivity index (χ3n) is 1.82. The normalized spacial score (nSPS) is 12.3. The Morgan fingerprint density at radius 2 is 2.44 bits per heavy atom. The monoisotopic (exact) mass is 243 g/mol. The number of hydrogen-bond acceptors (Lipinski definition) is 5. The van der Waals surface area contributed by atoms with Crippen molar-refractivity contribution in [3.8, 4) is 0 Å². The maximum absolute atomic E-state index is 11.1. The number of nitrogens with one attached hydrogen (secondary N) is 1. The van der Waals surface area contributed by atoms with Crippen LogP contribution in [0.5, 0.6) is 0 Å². The molecule has 0 saturated carbocycles. The zero-order chi connectivity index (χ0) is 12.1. The van der Waals surface area contributed by atoms with Crippen molar-refractivity contribution in [2.75, 3.05) is 5.73 Å². The Kier molecular flexibility index (Phi) is 4.36. The van der Waals surface area contributed by atoms with E-state index in [0.717, 1.165) is 24.2 Å². The molecule has 0 fully saturated rings. The molecule has 1 heterocycles. The van der Waals surface area contributed by atoms with Crippen LogP contribution in [0.2, 0.25) is 0 Å². The summed E-state index contributed by atoms with van der Waals surface area (Å²) >= 11 is 1.00. The van der Waals surface area contributed by atoms with Gasteiger partial charge in [0.05, 0.1) is 0 Å². The van der Waals surface area contributed by atoms with E-state index in [-0.39, 0.29) is 16.5 Å². The van der Waals surface area contributed by atoms with Crippen LogP contribution < -0.4 is 11.3 Å². The predicted molar refractivity (Wildman–Crippen MR) is 61.5 cm³/mol. The first kappa shape index (κ1) is 12.6. The van der Waals surface area contributed by atoms with Gasteiger partial charge in [-0.1, -0.05) is 25.1 Å². The Bertz CT molecular complexity index is 432. The number of anilines is 1. The fraction of sp³-hybridized carbons (Fsp3) is 0.444. The minimum Gasteiger partial charge on any atom is -0.480 e. The van der Waals surface area contributed by atoms with E-state index in [0.29, 0.717) is 6.42 Å². The minimum absolute atomic E-state index is 0.0897. The van der Waals surface area contributed by atoms with Gasteiger partial charge in [-0.05, 0) is 6.42 Å². The van der Waals surface area contributed by atoms with Crippen molar-refractivity contribution in [1.29, 1.82) is 0 Å². The predicted octanol–water partition coefficient (Wildman–Crippen LogP) is 0.697. The molecule has 1 aromatic rings. The van der Waals surface area contributed by atoms with Gasteiger partial charge in [0.15, 0.2) is 5.16 Å². The van der Waals surface area contributed by atoms with Crippen molar-refractivity contribution in [3.63, 3.8) is 0 Å². The molecule has 1 atom stereocenters. The second-order valence-corrected chi connectivity index (χ2v) is 4.40. The molecule has 0 amide bonds. The van der Waals surface area contributed by atoms with E-state index < -0.39 is 11.2 Å². The minimum atomic E-state index is -0.920. The second-order valence-electron chi connectivity index (χ2n) is 3.21. The summed E-state index contributed by atoms with van der Waals surface area (Å²) in [5.41, 5.74) is 5.01. The molecule has 1 rings (SSSR count). The standard InChI is InChI=1S/C9H13N3O3S/c1-2-3-5(8(14)15)16-9-11-6(10)4-7(13)12-9/h4-5H,2-3H2,1H3,(H,14,15)(H3,10,11,12,13). The Morgan fingerprint density at radius 1 is 1.75 bits per heavy atom. The average molecular weight is 243 g/mol. The van der Waals surface area contributed by atoms with E-state index in [1.165, 1.54) is 0 Å². The number of carboxylic acids is 1. The number of nitrogens with zero attached hydrogens (tertiary/aromatic N) is 1. The molecule has 6 nitrogen and oxygen atoms in total. The molecular formula is C9H13N3O3S. The highest BCUT2D eigenvalue weighted by Crippen LogP contribution is 2.22. The maximum Gasteiger partial charge on any atom is 0.317 e. The van der Waals surface area contributed by atoms with Crippen molar-refractivity contribution in [1.82, 2.24) is 9.97 Å². The van der Waals surface area contributed by atoms with Crippen molar-refractivity contribution in [3.05, 3.63) is 16.4 Å². The van der Waals surface area contributed by atoms with Crippen LogP contribution in [0.1, 0.15) is 19.8 Å². The number of hydrogen-bond donors (Lipinski definition) is 3. The maximum atomic E-state index is 11.1. The van der Waals surface area contributed by atoms with Gasteiger partial charge in [0.2, 0.25) is 0 Å². The van der Waals surface area contributed by atoms with Crippen molar-refractivity contribution in [2.45, 2.75) is 30.2 Å². The zero-order valence-corrected chi connectivity index (χ0v) is 9.58. The van der Waals surface area contributed by atoms with Crippen LogP contribution in [-0.2, 0) is 4.79 Å². The van der Waals surface area contributed by atoms with Crippen LogP contribution in [-0.4, -0.2) is 26.3 Å². The molecule has 0 aromatic carbocycles. The van der Waals surface area contributed by atoms with Gasteiger partial charge < -0.3 is 15.8 Å². The number of nitrogen functional groups attached to an aromatic ring is 1. The molecule has 88 valence electrons. The third kappa shape index (κ3) is 3.58. The summed E-state index contributed by atoms with van der Waals surface area (Å²) in [5.74, 6) is -0.830. The van der Waals surface area contributed by atoms with Crippen molar-refractivity contribution in [2.24, 2.45) is 0 Å². The van der Waals surface area contributed by atoms with E-state index in [1.54, 1.807) is 0 Å². The van der Waals surface area contributed by atoms with Gasteiger partial charge in [0, 0.05) is 6.07 Å². The highest BCUT2D eigenvalue weighted by Gasteiger charge is 2.19. The molecular weight excluding hydrogens is 230 g/mol. The van der Waals surface area contributed by atoms with Gasteiger partial charge in [-0.2, -0.15) is 0 Å². The second kappa shape index (κ2) is 5.55. The number of carboxylic acid groups (broad SMARTS) is 1. The molecule has 7 heteroatoms. The molecule has 0 bridgehead atoms. The van der Waals surface area contributed by atoms with E-state index in [2.05, 4.69) is 9.97 Å². The lowest BCUT2D eigenvalue weighted by Crippen LogP contribution is -2.18. The molecule has 0 aliphatic heterocycles. The van der Waals surface area contributed by atoms with Crippen LogP contribution in [0.4, 0.5) is 5.82 Å². The Morgan fingerprint density at radius 3 is 2.94 bits per heavy atom. The van der Waals surface area contributed by atoms with Crippen LogP contribution in [0.15, 0.2) is 16.0 Å². The summed E-state index contributed by atoms with van der Waals surface area (Å²) in [5, 5.41) is 8.56. The summed E-state index contributed by atoms with van der Waals surface area (Å²) in [6, 6.07) is 1.15. The molecule has 1 aromatic heterocycles. The molecule has 0 radical (unpaired) electrons. The lowest BCUT2D eigenvalue weighted by atomic mass is 10.2. The number of aliphatic carboxylic acids is 1. The fourth-order valence-corrected chi connectivity index (χ4v) is 2.18. The Hall–Kier alpha value is -1.50. The van der Waals surface area contributed by atoms with Crippen LogP contribution in [0, 0.1) is 0 Å². The number of thioether (sulfide) groups is 1. The van der Waals surface area contributed by atoms with Gasteiger partial charge in [-0.3, -0.25) is 9.59 Å². The molecule has 16 heavy (non-hydrogen) atoms. The van der Waals surface area contributed by atoms with E-state index in [1.807, 2.05) is 6.92 Å². The van der Waals surface area contributed by atoms with Crippen LogP contribution >= 0.6 is 11.8 Å². The summed E-state index contributed by atoms with van der Waals surface area (Å²) in [6.07, 6.45) is 1.26. The van der Waals surface area contributed by atoms with Crippen LogP contribution in [0.3, 0.4) is 0 Å². The van der Waals surface area contributed by atoms with Crippen molar-refractivity contribution >= 4 is 23.5 Å². The third-order valence-corrected chi connectivity index (χ3v) is 2.96. The number of H-pyrrole nitrogens is 1. The lowest BCUT2D eigenvalue weighted by molar-refractivity contribution is -0.136. The summed E-state index contributed by atoms with van der Waals surface area (Å²) in [6.45, 7) is 1.89. The van der Waals surface area contributed by atoms with E-state index >= 15 is 0 Å². The lowest BCUT2D eigenvalue weighted by Gasteiger charge is -2.09. The SMILES string of the molecule is CCCC(Sc1nc(N)cc(=O)[nH]1)C(=O)O. The number of aromatic nitrogens is 2. The number of nitrogens with two attached hydrogens (primary N) is 1. The molecule has 0 aliphatic rings. The molecule has 0 saturated heterocycles. The van der Waals surface area contributed by atoms with Crippen LogP contribution in [0.25, 0.3) is 0 Å². The molecule has 1 unspecified atom stereocenters. The summed E-state index contributed by atoms with van der Waals surface area (Å²) in [4.78, 5) is 28.3. The first-order valence-corrected chi connectivity index (χ1v) is 5.67. The molecule has 4 N–H and O–H groups in total. The van der Waals surface area contributed by atoms with Crippen molar-refractivity contribution < 1.29 is 9.90 Å². The number of aromatic amines is 1. The smallest absolute Gasteiger partial charge is 0.317 e. The van der Waals surface area contributed by atoms with Gasteiger partial charge in [0.25, 0.3) is 5.56 Å². The van der Waals surface area contributed by atoms with E-state index in [9.17, 15) is 9.59 Å². The average Bonchev–Trinajstić information content (AvgIpc) is 2.15. The fourth-order valence-electron chi connectivity index (χ4n) is 1.14.